The van der Waals surface area contributed by atoms with E-state index in [-0.39, 0.29) is 58.3 Å². The third-order valence-electron chi connectivity index (χ3n) is 16.3. The van der Waals surface area contributed by atoms with Gasteiger partial charge in [-0.25, -0.2) is 18.1 Å². The van der Waals surface area contributed by atoms with Crippen molar-refractivity contribution < 1.29 is 46.8 Å². The van der Waals surface area contributed by atoms with Crippen LogP contribution in [0.25, 0.3) is 11.3 Å². The molecule has 0 aliphatic carbocycles. The van der Waals surface area contributed by atoms with Crippen LogP contribution in [-0.2, 0) is 71.7 Å². The molecule has 5 atom stereocenters. The number of para-hydroxylation sites is 1. The van der Waals surface area contributed by atoms with Gasteiger partial charge in [0.15, 0.2) is 4.90 Å². The summed E-state index contributed by atoms with van der Waals surface area (Å²) in [5, 5.41) is 18.4. The number of imidazole rings is 1. The van der Waals surface area contributed by atoms with Crippen molar-refractivity contribution in [2.45, 2.75) is 107 Å². The van der Waals surface area contributed by atoms with E-state index in [4.69, 9.17) is 37.7 Å². The molecule has 2 aliphatic heterocycles. The lowest BCUT2D eigenvalue weighted by atomic mass is 9.92. The average molecular weight is 1260 g/mol. The molecule has 2 aliphatic rings. The molecule has 0 radical (unpaired) electrons. The molecule has 5 aromatic carbocycles. The number of hydrogen-bond acceptors (Lipinski definition) is 13. The number of benzene rings is 5. The molecule has 468 valence electrons. The van der Waals surface area contributed by atoms with Crippen molar-refractivity contribution in [1.82, 2.24) is 44.5 Å². The second-order valence-electron chi connectivity index (χ2n) is 22.4. The number of nitrogens with one attached hydrogen (secondary N) is 3. The first-order valence-electron chi connectivity index (χ1n) is 29.4. The number of likely N-dealkylation sites (tertiary alicyclic amines) is 1. The van der Waals surface area contributed by atoms with Gasteiger partial charge in [-0.3, -0.25) is 39.0 Å². The van der Waals surface area contributed by atoms with E-state index in [0.717, 1.165) is 60.0 Å². The number of hydrogen-bond donors (Lipinski definition) is 3. The fourth-order valence-electron chi connectivity index (χ4n) is 11.2. The first kappa shape index (κ1) is 66.2. The van der Waals surface area contributed by atoms with E-state index in [1.165, 1.54) is 53.8 Å². The monoisotopic (exact) mass is 1260 g/mol. The highest BCUT2D eigenvalue weighted by Crippen LogP contribution is 2.33. The number of nitrogens with zero attached hydrogens (tertiary/aromatic N) is 7. The van der Waals surface area contributed by atoms with Crippen molar-refractivity contribution in [3.05, 3.63) is 170 Å². The minimum absolute atomic E-state index is 0.0724. The molecule has 0 saturated carbocycles. The lowest BCUT2D eigenvalue weighted by Crippen LogP contribution is -2.57. The van der Waals surface area contributed by atoms with Gasteiger partial charge in [-0.15, -0.1) is 0 Å². The van der Waals surface area contributed by atoms with Crippen LogP contribution in [0.1, 0.15) is 74.4 Å². The molecule has 5 amide bonds. The molecular weight excluding hydrogens is 1190 g/mol. The third-order valence-corrected chi connectivity index (χ3v) is 18.3. The SMILES string of the molecule is COC[C@@H]1NC(=O)[C@H](C)N(Cc2ccc(Cl)cc2Oc2ccc(-c3cnc(CN4CCCC4)n3C)cc2)C(=O)C[C@@H](Cc2ccccc2)C(=O)N(C)[C@@H](CCCCNS(=O)(=O)c2ccccc2[N+](=O)[O-])CNC(=O)C[C@H](Cc2ccc(Cl)cc2)N(C)C1=O. The smallest absolute Gasteiger partial charge is 0.289 e. The molecule has 0 unspecified atom stereocenters. The molecular formula is C64H76Cl2N10O11S. The minimum atomic E-state index is -4.30. The Morgan fingerprint density at radius 3 is 2.15 bits per heavy atom. The number of halogens is 2. The number of unbranched alkanes of at least 4 members (excludes halogenated alkanes) is 1. The highest BCUT2D eigenvalue weighted by atomic mass is 35.5. The molecule has 0 spiro atoms. The molecule has 2 fully saturated rings. The van der Waals surface area contributed by atoms with E-state index in [1.807, 2.05) is 67.8 Å². The lowest BCUT2D eigenvalue weighted by molar-refractivity contribution is -0.387. The van der Waals surface area contributed by atoms with Crippen molar-refractivity contribution in [2.24, 2.45) is 13.0 Å². The van der Waals surface area contributed by atoms with E-state index in [1.54, 1.807) is 56.4 Å². The Morgan fingerprint density at radius 2 is 1.44 bits per heavy atom. The Balaban J connectivity index is 1.12. The summed E-state index contributed by atoms with van der Waals surface area (Å²) in [5.41, 5.74) is 3.27. The van der Waals surface area contributed by atoms with E-state index in [9.17, 15) is 32.9 Å². The first-order valence-corrected chi connectivity index (χ1v) is 31.6. The maximum Gasteiger partial charge on any atom is 0.289 e. The van der Waals surface area contributed by atoms with Gasteiger partial charge < -0.3 is 39.4 Å². The van der Waals surface area contributed by atoms with Crippen LogP contribution in [0.5, 0.6) is 11.5 Å². The average Bonchev–Trinajstić information content (AvgIpc) is 2.20. The van der Waals surface area contributed by atoms with Crippen LogP contribution in [-0.4, -0.2) is 150 Å². The number of likely N-dealkylation sites (N-methyl/N-ethyl adjacent to an activating group) is 2. The first-order chi connectivity index (χ1) is 42.2. The second kappa shape index (κ2) is 30.9. The van der Waals surface area contributed by atoms with Crippen LogP contribution in [0.15, 0.2) is 132 Å². The van der Waals surface area contributed by atoms with Crippen LogP contribution in [0.2, 0.25) is 10.0 Å². The zero-order valence-corrected chi connectivity index (χ0v) is 52.4. The maximum absolute atomic E-state index is 15.5. The van der Waals surface area contributed by atoms with Gasteiger partial charge in [0.05, 0.1) is 42.4 Å². The number of amides is 5. The van der Waals surface area contributed by atoms with Gasteiger partial charge in [-0.1, -0.05) is 90.3 Å². The van der Waals surface area contributed by atoms with Gasteiger partial charge >= 0.3 is 0 Å². The van der Waals surface area contributed by atoms with Crippen molar-refractivity contribution in [2.75, 3.05) is 54.0 Å². The number of sulfonamides is 1. The van der Waals surface area contributed by atoms with Gasteiger partial charge in [0.2, 0.25) is 39.6 Å². The normalized spacial score (nSPS) is 19.7. The van der Waals surface area contributed by atoms with Gasteiger partial charge in [-0.05, 0) is 124 Å². The number of nitro groups is 1. The predicted molar refractivity (Wildman–Crippen MR) is 335 cm³/mol. The predicted octanol–water partition coefficient (Wildman–Crippen LogP) is 8.35. The van der Waals surface area contributed by atoms with Crippen LogP contribution in [0.3, 0.4) is 0 Å². The Morgan fingerprint density at radius 1 is 0.773 bits per heavy atom. The number of nitro benzene ring substituents is 1. The number of aromatic nitrogens is 2. The Bertz CT molecular complexity index is 3520. The van der Waals surface area contributed by atoms with Gasteiger partial charge in [0, 0.05) is 93.5 Å². The standard InChI is InChI=1S/C64H76Cl2N10O11S/c1-43-62(79)70-54(42-86-5)64(81)72(3)52(34-45-20-25-49(65)26-21-45)37-60(77)68-38-51(17-11-12-30-69-88(84,85)58-19-10-9-18-55(58)76(82)83)71(2)63(80)48(33-44-15-7-6-8-16-44)35-61(78)75(43)40-47-22-27-50(66)36-57(47)87-53-28-23-46(24-29-53)56-39-67-59(73(56)4)41-74-31-13-14-32-74/h6-10,15-16,18-29,36,39,43,48,51-52,54,69H,11-14,17,30-35,37-38,40-42H2,1-5H3,(H,68,77)(H,70,79)/t43-,48+,51-,52-,54-/m0/s1. The minimum Gasteiger partial charge on any atom is -0.457 e. The van der Waals surface area contributed by atoms with Crippen LogP contribution in [0, 0.1) is 16.0 Å². The third kappa shape index (κ3) is 17.5. The Kier molecular flexibility index (Phi) is 23.3. The summed E-state index contributed by atoms with van der Waals surface area (Å²) >= 11 is 12.9. The number of carbonyl (C=O) groups excluding carboxylic acids is 5. The summed E-state index contributed by atoms with van der Waals surface area (Å²) in [6.07, 6.45) is 4.71. The molecule has 24 heteroatoms. The summed E-state index contributed by atoms with van der Waals surface area (Å²) in [6.45, 7) is 3.75. The van der Waals surface area contributed by atoms with E-state index < -0.39 is 91.6 Å². The van der Waals surface area contributed by atoms with Gasteiger partial charge in [-0.2, -0.15) is 0 Å². The molecule has 3 N–H and O–H groups in total. The van der Waals surface area contributed by atoms with Crippen molar-refractivity contribution in [3.8, 4) is 22.8 Å². The van der Waals surface area contributed by atoms with Crippen molar-refractivity contribution in [1.29, 1.82) is 0 Å². The molecule has 3 heterocycles. The Hall–Kier alpha value is -7.73. The second-order valence-corrected chi connectivity index (χ2v) is 25.1. The molecule has 2 saturated heterocycles. The maximum atomic E-state index is 15.5. The fraction of sp³-hybridized carbons (Fsp3) is 0.406. The molecule has 0 bridgehead atoms. The highest BCUT2D eigenvalue weighted by Gasteiger charge is 2.37. The van der Waals surface area contributed by atoms with Crippen molar-refractivity contribution in [3.63, 3.8) is 0 Å². The summed E-state index contributed by atoms with van der Waals surface area (Å²) < 4.78 is 43.3. The molecule has 6 aromatic rings. The number of ether oxygens (including phenoxy) is 2. The topological polar surface area (TPSA) is 248 Å². The van der Waals surface area contributed by atoms with Gasteiger partial charge in [0.25, 0.3) is 5.69 Å². The molecule has 8 rings (SSSR count). The fourth-order valence-corrected chi connectivity index (χ4v) is 12.7. The summed E-state index contributed by atoms with van der Waals surface area (Å²) in [6, 6.07) is 29.6. The van der Waals surface area contributed by atoms with E-state index >= 15 is 9.59 Å². The highest BCUT2D eigenvalue weighted by molar-refractivity contribution is 7.89. The Labute approximate surface area is 523 Å². The summed E-state index contributed by atoms with van der Waals surface area (Å²) in [4.78, 5) is 96.5. The van der Waals surface area contributed by atoms with Crippen molar-refractivity contribution >= 4 is 68.4 Å². The molecule has 88 heavy (non-hydrogen) atoms. The molecule has 21 nitrogen and oxygen atoms in total. The van der Waals surface area contributed by atoms with E-state index in [0.29, 0.717) is 33.5 Å². The number of rotatable bonds is 21. The van der Waals surface area contributed by atoms with Crippen LogP contribution >= 0.6 is 23.2 Å². The van der Waals surface area contributed by atoms with E-state index in [2.05, 4.69) is 24.8 Å². The quantitative estimate of drug-likeness (QED) is 0.0349. The zero-order chi connectivity index (χ0) is 63.1. The molecule has 1 aromatic heterocycles. The lowest BCUT2D eigenvalue weighted by Gasteiger charge is -2.35. The largest absolute Gasteiger partial charge is 0.457 e. The zero-order valence-electron chi connectivity index (χ0n) is 50.1. The summed E-state index contributed by atoms with van der Waals surface area (Å²) in [5.74, 6) is -2.05. The summed E-state index contributed by atoms with van der Waals surface area (Å²) in [7, 11) is 2.22. The van der Waals surface area contributed by atoms with Crippen LogP contribution in [0.4, 0.5) is 5.69 Å². The number of carbonyl (C=O) groups is 5. The number of methoxy groups -OCH3 is 1. The van der Waals surface area contributed by atoms with Gasteiger partial charge in [0.1, 0.15) is 29.4 Å². The van der Waals surface area contributed by atoms with Crippen LogP contribution < -0.4 is 20.1 Å².